The number of aliphatic hydroxyl groups is 2. The average molecular weight is 498 g/mol. The zero-order valence-corrected chi connectivity index (χ0v) is 16.6. The number of carbonyl (C=O) groups excluding carboxylic acids is 2. The van der Waals surface area contributed by atoms with Crippen LogP contribution in [0.5, 0.6) is 0 Å². The number of aliphatic hydroxyl groups excluding tert-OH is 2. The van der Waals surface area contributed by atoms with E-state index in [1.165, 1.54) is 0 Å². The second-order valence-corrected chi connectivity index (χ2v) is 6.61. The fourth-order valence-electron chi connectivity index (χ4n) is 2.40. The van der Waals surface area contributed by atoms with E-state index < -0.39 is 96.8 Å². The second-order valence-electron chi connectivity index (χ2n) is 6.61. The summed E-state index contributed by atoms with van der Waals surface area (Å²) in [6, 6.07) is 0. The number of carbonyl (C=O) groups is 8. The summed E-state index contributed by atoms with van der Waals surface area (Å²) in [7, 11) is 0. The van der Waals surface area contributed by atoms with E-state index in [9.17, 15) is 48.6 Å². The van der Waals surface area contributed by atoms with Crippen LogP contribution in [0, 0.1) is 0 Å². The first-order chi connectivity index (χ1) is 15.4. The highest BCUT2D eigenvalue weighted by Crippen LogP contribution is 2.26. The van der Waals surface area contributed by atoms with Crippen LogP contribution in [0.2, 0.25) is 0 Å². The fraction of sp³-hybridized carbons (Fsp3) is 0.500. The topological polar surface area (TPSA) is 317 Å². The first-order valence-electron chi connectivity index (χ1n) is 8.55. The molecule has 0 heterocycles. The van der Waals surface area contributed by atoms with Crippen molar-refractivity contribution in [2.45, 2.75) is 49.1 Å². The van der Waals surface area contributed by atoms with Gasteiger partial charge >= 0.3 is 47.8 Å². The van der Waals surface area contributed by atoms with Crippen LogP contribution < -0.4 is 0 Å². The van der Waals surface area contributed by atoms with Crippen molar-refractivity contribution in [3.05, 3.63) is 0 Å². The Hall–Kier alpha value is -4.32. The quantitative estimate of drug-likeness (QED) is 0.101. The van der Waals surface area contributed by atoms with Crippen LogP contribution in [0.1, 0.15) is 25.7 Å². The standard InChI is InChI=1S/C16H18O18/c17-5(18)1-15(13(29)30,2-6(19)20)33-11(27)9(25)10(26)12(28)34-16(14(31)32,3-7(21)22)4-8(23)24/h9-10,25-26H,1-4H2,(H,17,18)(H,19,20)(H,21,22)(H,23,24)(H,29,30)(H,31,32). The van der Waals surface area contributed by atoms with Crippen molar-refractivity contribution in [1.82, 2.24) is 0 Å². The summed E-state index contributed by atoms with van der Waals surface area (Å²) in [6.45, 7) is 0. The van der Waals surface area contributed by atoms with E-state index in [0.29, 0.717) is 0 Å². The Morgan fingerprint density at radius 1 is 0.500 bits per heavy atom. The number of esters is 2. The maximum atomic E-state index is 12.0. The number of carboxylic acid groups (broad SMARTS) is 6. The monoisotopic (exact) mass is 498 g/mol. The van der Waals surface area contributed by atoms with Crippen molar-refractivity contribution in [2.75, 3.05) is 0 Å². The summed E-state index contributed by atoms with van der Waals surface area (Å²) in [6.07, 6.45) is -12.9. The molecular formula is C16H18O18. The summed E-state index contributed by atoms with van der Waals surface area (Å²) in [5.74, 6) is -17.0. The van der Waals surface area contributed by atoms with Gasteiger partial charge in [-0.2, -0.15) is 0 Å². The van der Waals surface area contributed by atoms with Crippen molar-refractivity contribution in [3.63, 3.8) is 0 Å². The maximum Gasteiger partial charge on any atom is 0.349 e. The Morgan fingerprint density at radius 3 is 0.853 bits per heavy atom. The van der Waals surface area contributed by atoms with Gasteiger partial charge in [0.2, 0.25) is 11.2 Å². The minimum atomic E-state index is -3.32. The third-order valence-electron chi connectivity index (χ3n) is 3.90. The third-order valence-corrected chi connectivity index (χ3v) is 3.90. The smallest absolute Gasteiger partial charge is 0.349 e. The molecule has 0 aliphatic rings. The van der Waals surface area contributed by atoms with E-state index in [2.05, 4.69) is 9.47 Å². The third kappa shape index (κ3) is 7.98. The summed E-state index contributed by atoms with van der Waals surface area (Å²) >= 11 is 0. The van der Waals surface area contributed by atoms with E-state index in [-0.39, 0.29) is 0 Å². The van der Waals surface area contributed by atoms with Gasteiger partial charge in [0.05, 0.1) is 25.7 Å². The van der Waals surface area contributed by atoms with Crippen LogP contribution in [0.3, 0.4) is 0 Å². The number of hydrogen-bond donors (Lipinski definition) is 8. The Labute approximate surface area is 186 Å². The maximum absolute atomic E-state index is 12.0. The average Bonchev–Trinajstić information content (AvgIpc) is 2.63. The van der Waals surface area contributed by atoms with Crippen molar-refractivity contribution >= 4 is 47.8 Å². The van der Waals surface area contributed by atoms with Gasteiger partial charge in [0.1, 0.15) is 0 Å². The molecule has 34 heavy (non-hydrogen) atoms. The first kappa shape index (κ1) is 29.7. The summed E-state index contributed by atoms with van der Waals surface area (Å²) in [5.41, 5.74) is -6.65. The van der Waals surface area contributed by atoms with Gasteiger partial charge < -0.3 is 50.3 Å². The molecule has 0 bridgehead atoms. The SMILES string of the molecule is O=C(O)CC(CC(=O)O)(OC(=O)C(O)C(O)C(=O)OC(CC(=O)O)(CC(=O)O)C(=O)O)C(=O)O. The molecule has 0 aliphatic heterocycles. The van der Waals surface area contributed by atoms with E-state index in [4.69, 9.17) is 30.6 Å². The van der Waals surface area contributed by atoms with Crippen molar-refractivity contribution < 1.29 is 88.7 Å². The van der Waals surface area contributed by atoms with Crippen LogP contribution in [0.15, 0.2) is 0 Å². The molecule has 0 aliphatic carbocycles. The molecule has 0 amide bonds. The van der Waals surface area contributed by atoms with Crippen LogP contribution in [0.4, 0.5) is 0 Å². The molecule has 8 N–H and O–H groups in total. The Bertz CT molecular complexity index is 782. The van der Waals surface area contributed by atoms with E-state index >= 15 is 0 Å². The van der Waals surface area contributed by atoms with Gasteiger partial charge in [-0.05, 0) is 0 Å². The Kier molecular flexibility index (Phi) is 10.1. The van der Waals surface area contributed by atoms with Gasteiger partial charge in [-0.1, -0.05) is 0 Å². The molecule has 18 nitrogen and oxygen atoms in total. The summed E-state index contributed by atoms with van der Waals surface area (Å²) in [4.78, 5) is 90.5. The van der Waals surface area contributed by atoms with Crippen molar-refractivity contribution in [3.8, 4) is 0 Å². The molecule has 0 aromatic rings. The highest BCUT2D eigenvalue weighted by atomic mass is 16.6. The number of aliphatic carboxylic acids is 6. The van der Waals surface area contributed by atoms with E-state index in [1.807, 2.05) is 0 Å². The molecule has 190 valence electrons. The molecule has 0 fully saturated rings. The number of carboxylic acids is 6. The van der Waals surface area contributed by atoms with Crippen LogP contribution in [0.25, 0.3) is 0 Å². The zero-order valence-electron chi connectivity index (χ0n) is 16.6. The Morgan fingerprint density at radius 2 is 0.706 bits per heavy atom. The van der Waals surface area contributed by atoms with Crippen LogP contribution in [-0.4, -0.2) is 112 Å². The zero-order chi connectivity index (χ0) is 27.0. The lowest BCUT2D eigenvalue weighted by Gasteiger charge is -2.29. The van der Waals surface area contributed by atoms with Gasteiger partial charge in [-0.3, -0.25) is 19.2 Å². The molecule has 2 atom stereocenters. The van der Waals surface area contributed by atoms with Gasteiger partial charge in [0, 0.05) is 0 Å². The lowest BCUT2D eigenvalue weighted by Crippen LogP contribution is -2.53. The normalized spacial score (nSPS) is 13.1. The lowest BCUT2D eigenvalue weighted by atomic mass is 9.94. The predicted octanol–water partition coefficient (Wildman–Crippen LogP) is -3.66. The predicted molar refractivity (Wildman–Crippen MR) is 93.9 cm³/mol. The molecular weight excluding hydrogens is 480 g/mol. The number of rotatable bonds is 15. The second kappa shape index (κ2) is 11.5. The minimum absolute atomic E-state index is 1.65. The van der Waals surface area contributed by atoms with Gasteiger partial charge in [-0.15, -0.1) is 0 Å². The summed E-state index contributed by atoms with van der Waals surface area (Å²) < 4.78 is 8.48. The summed E-state index contributed by atoms with van der Waals surface area (Å²) in [5, 5.41) is 73.1. The van der Waals surface area contributed by atoms with Gasteiger partial charge in [0.15, 0.2) is 12.2 Å². The lowest BCUT2D eigenvalue weighted by molar-refractivity contribution is -0.202. The highest BCUT2D eigenvalue weighted by Gasteiger charge is 2.51. The van der Waals surface area contributed by atoms with E-state index in [0.717, 1.165) is 0 Å². The molecule has 18 heteroatoms. The first-order valence-corrected chi connectivity index (χ1v) is 8.55. The van der Waals surface area contributed by atoms with Gasteiger partial charge in [0.25, 0.3) is 0 Å². The van der Waals surface area contributed by atoms with Crippen molar-refractivity contribution in [2.24, 2.45) is 0 Å². The molecule has 0 radical (unpaired) electrons. The number of hydrogen-bond acceptors (Lipinski definition) is 12. The minimum Gasteiger partial charge on any atom is -0.481 e. The van der Waals surface area contributed by atoms with Crippen molar-refractivity contribution in [1.29, 1.82) is 0 Å². The Balaban J connectivity index is 5.93. The van der Waals surface area contributed by atoms with Gasteiger partial charge in [-0.25, -0.2) is 19.2 Å². The van der Waals surface area contributed by atoms with Crippen LogP contribution in [-0.2, 0) is 47.8 Å². The molecule has 0 rings (SSSR count). The molecule has 0 spiro atoms. The van der Waals surface area contributed by atoms with E-state index in [1.54, 1.807) is 0 Å². The molecule has 0 aromatic carbocycles. The molecule has 0 saturated heterocycles. The molecule has 0 aromatic heterocycles. The molecule has 0 saturated carbocycles. The molecule has 2 unspecified atom stereocenters. The van der Waals surface area contributed by atoms with Crippen LogP contribution >= 0.6 is 0 Å². The largest absolute Gasteiger partial charge is 0.481 e. The fourth-order valence-corrected chi connectivity index (χ4v) is 2.40. The number of ether oxygens (including phenoxy) is 2. The highest BCUT2D eigenvalue weighted by molar-refractivity contribution is 5.94.